The Balaban J connectivity index is 1.82. The molecule has 5 heteroatoms. The lowest BCUT2D eigenvalue weighted by molar-refractivity contribution is -0.123. The van der Waals surface area contributed by atoms with Gasteiger partial charge in [-0.15, -0.1) is 0 Å². The van der Waals surface area contributed by atoms with Gasteiger partial charge in [0.25, 0.3) is 5.56 Å². The van der Waals surface area contributed by atoms with Crippen LogP contribution in [0.2, 0.25) is 0 Å². The van der Waals surface area contributed by atoms with Gasteiger partial charge in [0.1, 0.15) is 6.54 Å². The SMILES string of the molecule is CCc1ccc(C(NC(=O)Cn2nc(C)c3ccccc3c2=O)C(C)C)cc1. The molecule has 0 aliphatic rings. The fourth-order valence-electron chi connectivity index (χ4n) is 3.46. The molecule has 28 heavy (non-hydrogen) atoms. The van der Waals surface area contributed by atoms with Crippen LogP contribution in [0.15, 0.2) is 53.3 Å². The summed E-state index contributed by atoms with van der Waals surface area (Å²) in [6.07, 6.45) is 0.981. The van der Waals surface area contributed by atoms with Gasteiger partial charge in [-0.2, -0.15) is 5.10 Å². The van der Waals surface area contributed by atoms with Crippen molar-refractivity contribution in [1.82, 2.24) is 15.1 Å². The van der Waals surface area contributed by atoms with Crippen LogP contribution in [0.25, 0.3) is 10.8 Å². The molecule has 1 amide bonds. The highest BCUT2D eigenvalue weighted by Gasteiger charge is 2.19. The standard InChI is InChI=1S/C23H27N3O2/c1-5-17-10-12-18(13-11-17)22(15(2)3)24-21(27)14-26-23(28)20-9-7-6-8-19(20)16(4)25-26/h6-13,15,22H,5,14H2,1-4H3,(H,24,27). The third-order valence-electron chi connectivity index (χ3n) is 5.08. The molecule has 1 heterocycles. The number of rotatable bonds is 6. The van der Waals surface area contributed by atoms with Crippen LogP contribution in [0.3, 0.4) is 0 Å². The Kier molecular flexibility index (Phi) is 5.93. The third-order valence-corrected chi connectivity index (χ3v) is 5.08. The van der Waals surface area contributed by atoms with E-state index in [0.29, 0.717) is 5.39 Å². The van der Waals surface area contributed by atoms with Gasteiger partial charge < -0.3 is 5.32 Å². The first-order chi connectivity index (χ1) is 13.4. The zero-order chi connectivity index (χ0) is 20.3. The number of aromatic nitrogens is 2. The van der Waals surface area contributed by atoms with Crippen molar-refractivity contribution < 1.29 is 4.79 Å². The van der Waals surface area contributed by atoms with E-state index < -0.39 is 0 Å². The fourth-order valence-corrected chi connectivity index (χ4v) is 3.46. The summed E-state index contributed by atoms with van der Waals surface area (Å²) < 4.78 is 1.25. The van der Waals surface area contributed by atoms with Crippen LogP contribution in [0.1, 0.15) is 43.6 Å². The molecule has 3 rings (SSSR count). The van der Waals surface area contributed by atoms with Crippen molar-refractivity contribution in [2.75, 3.05) is 0 Å². The molecule has 0 saturated carbocycles. The Morgan fingerprint density at radius 3 is 2.32 bits per heavy atom. The summed E-state index contributed by atoms with van der Waals surface area (Å²) >= 11 is 0. The van der Waals surface area contributed by atoms with Crippen LogP contribution in [-0.2, 0) is 17.8 Å². The molecule has 0 aliphatic heterocycles. The summed E-state index contributed by atoms with van der Waals surface area (Å²) in [5, 5.41) is 8.81. The van der Waals surface area contributed by atoms with Gasteiger partial charge in [-0.05, 0) is 36.5 Å². The number of hydrogen-bond donors (Lipinski definition) is 1. The highest BCUT2D eigenvalue weighted by molar-refractivity contribution is 5.83. The second-order valence-corrected chi connectivity index (χ2v) is 7.48. The molecule has 5 nitrogen and oxygen atoms in total. The van der Waals surface area contributed by atoms with Gasteiger partial charge in [0.05, 0.1) is 17.1 Å². The largest absolute Gasteiger partial charge is 0.347 e. The predicted octanol–water partition coefficient (Wildman–Crippen LogP) is 3.78. The summed E-state index contributed by atoms with van der Waals surface area (Å²) in [7, 11) is 0. The number of nitrogens with one attached hydrogen (secondary N) is 1. The topological polar surface area (TPSA) is 64.0 Å². The number of nitrogens with zero attached hydrogens (tertiary/aromatic N) is 2. The van der Waals surface area contributed by atoms with E-state index in [0.717, 1.165) is 23.1 Å². The average molecular weight is 377 g/mol. The number of carbonyl (C=O) groups is 1. The van der Waals surface area contributed by atoms with Gasteiger partial charge in [0.2, 0.25) is 5.91 Å². The zero-order valence-electron chi connectivity index (χ0n) is 16.9. The Hall–Kier alpha value is -2.95. The zero-order valence-corrected chi connectivity index (χ0v) is 16.9. The molecule has 0 saturated heterocycles. The number of aryl methyl sites for hydroxylation is 2. The van der Waals surface area contributed by atoms with Gasteiger partial charge in [-0.1, -0.05) is 63.2 Å². The van der Waals surface area contributed by atoms with E-state index in [1.807, 2.05) is 25.1 Å². The van der Waals surface area contributed by atoms with Gasteiger partial charge >= 0.3 is 0 Å². The minimum absolute atomic E-state index is 0.0965. The first-order valence-electron chi connectivity index (χ1n) is 9.75. The van der Waals surface area contributed by atoms with Crippen molar-refractivity contribution in [3.05, 3.63) is 75.7 Å². The molecule has 2 aromatic carbocycles. The van der Waals surface area contributed by atoms with Crippen molar-refractivity contribution in [2.45, 2.75) is 46.7 Å². The first kappa shape index (κ1) is 19.8. The monoisotopic (exact) mass is 377 g/mol. The molecule has 1 aromatic heterocycles. The van der Waals surface area contributed by atoms with Gasteiger partial charge in [0, 0.05) is 5.39 Å². The van der Waals surface area contributed by atoms with Crippen LogP contribution in [0.4, 0.5) is 0 Å². The maximum atomic E-state index is 12.7. The van der Waals surface area contributed by atoms with Crippen molar-refractivity contribution in [3.8, 4) is 0 Å². The number of fused-ring (bicyclic) bond motifs is 1. The van der Waals surface area contributed by atoms with Gasteiger partial charge in [-0.25, -0.2) is 4.68 Å². The molecule has 0 fully saturated rings. The molecule has 1 atom stereocenters. The van der Waals surface area contributed by atoms with Crippen LogP contribution >= 0.6 is 0 Å². The molecule has 0 radical (unpaired) electrons. The molecule has 1 N–H and O–H groups in total. The van der Waals surface area contributed by atoms with Gasteiger partial charge in [0.15, 0.2) is 0 Å². The van der Waals surface area contributed by atoms with Crippen molar-refractivity contribution in [3.63, 3.8) is 0 Å². The lowest BCUT2D eigenvalue weighted by atomic mass is 9.95. The Labute approximate surface area is 165 Å². The molecule has 0 spiro atoms. The molecular weight excluding hydrogens is 350 g/mol. The highest BCUT2D eigenvalue weighted by Crippen LogP contribution is 2.22. The number of hydrogen-bond acceptors (Lipinski definition) is 3. The van der Waals surface area contributed by atoms with E-state index in [1.165, 1.54) is 10.2 Å². The summed E-state index contributed by atoms with van der Waals surface area (Å²) in [6.45, 7) is 8.02. The lowest BCUT2D eigenvalue weighted by Gasteiger charge is -2.23. The molecule has 0 aliphatic carbocycles. The molecule has 3 aromatic rings. The van der Waals surface area contributed by atoms with Crippen LogP contribution in [0, 0.1) is 12.8 Å². The number of benzene rings is 2. The Morgan fingerprint density at radius 1 is 1.07 bits per heavy atom. The lowest BCUT2D eigenvalue weighted by Crippen LogP contribution is -2.37. The summed E-state index contributed by atoms with van der Waals surface area (Å²) in [5.74, 6) is 0.00185. The smallest absolute Gasteiger partial charge is 0.275 e. The quantitative estimate of drug-likeness (QED) is 0.711. The van der Waals surface area contributed by atoms with Crippen molar-refractivity contribution in [2.24, 2.45) is 5.92 Å². The third kappa shape index (κ3) is 4.14. The maximum absolute atomic E-state index is 12.7. The highest BCUT2D eigenvalue weighted by atomic mass is 16.2. The van der Waals surface area contributed by atoms with Crippen LogP contribution < -0.4 is 10.9 Å². The van der Waals surface area contributed by atoms with E-state index >= 15 is 0 Å². The Bertz CT molecular complexity index is 1040. The van der Waals surface area contributed by atoms with Crippen molar-refractivity contribution >= 4 is 16.7 Å². The summed E-state index contributed by atoms with van der Waals surface area (Å²) in [6, 6.07) is 15.5. The first-order valence-corrected chi connectivity index (χ1v) is 9.75. The maximum Gasteiger partial charge on any atom is 0.275 e. The van der Waals surface area contributed by atoms with E-state index in [9.17, 15) is 9.59 Å². The van der Waals surface area contributed by atoms with E-state index in [1.54, 1.807) is 6.07 Å². The number of carbonyl (C=O) groups excluding carboxylic acids is 1. The van der Waals surface area contributed by atoms with Crippen LogP contribution in [-0.4, -0.2) is 15.7 Å². The van der Waals surface area contributed by atoms with Crippen LogP contribution in [0.5, 0.6) is 0 Å². The van der Waals surface area contributed by atoms with E-state index in [4.69, 9.17) is 0 Å². The molecular formula is C23H27N3O2. The second-order valence-electron chi connectivity index (χ2n) is 7.48. The minimum atomic E-state index is -0.246. The molecule has 1 unspecified atom stereocenters. The summed E-state index contributed by atoms with van der Waals surface area (Å²) in [4.78, 5) is 25.4. The van der Waals surface area contributed by atoms with E-state index in [-0.39, 0.29) is 30.0 Å². The number of amides is 1. The van der Waals surface area contributed by atoms with Crippen molar-refractivity contribution in [1.29, 1.82) is 0 Å². The average Bonchev–Trinajstić information content (AvgIpc) is 2.70. The minimum Gasteiger partial charge on any atom is -0.347 e. The molecule has 146 valence electrons. The predicted molar refractivity (Wildman–Crippen MR) is 112 cm³/mol. The summed E-state index contributed by atoms with van der Waals surface area (Å²) in [5.41, 5.74) is 2.82. The molecule has 0 bridgehead atoms. The van der Waals surface area contributed by atoms with Gasteiger partial charge in [-0.3, -0.25) is 9.59 Å². The second kappa shape index (κ2) is 8.38. The normalized spacial score (nSPS) is 12.3. The fraction of sp³-hybridized carbons (Fsp3) is 0.348. The van der Waals surface area contributed by atoms with E-state index in [2.05, 4.69) is 55.5 Å². The Morgan fingerprint density at radius 2 is 1.71 bits per heavy atom.